The summed E-state index contributed by atoms with van der Waals surface area (Å²) in [6, 6.07) is 7.44. The van der Waals surface area contributed by atoms with E-state index in [0.29, 0.717) is 5.02 Å². The van der Waals surface area contributed by atoms with Gasteiger partial charge in [-0.25, -0.2) is 4.98 Å². The molecule has 0 fully saturated rings. The van der Waals surface area contributed by atoms with Crippen LogP contribution < -0.4 is 5.73 Å². The molecule has 0 spiro atoms. The molecule has 0 radical (unpaired) electrons. The normalized spacial score (nSPS) is 12.7. The molecule has 4 heteroatoms. The molecule has 2 nitrogen and oxygen atoms in total. The van der Waals surface area contributed by atoms with Gasteiger partial charge in [0.15, 0.2) is 0 Å². The van der Waals surface area contributed by atoms with Gasteiger partial charge in [0.05, 0.1) is 11.7 Å². The first-order chi connectivity index (χ1) is 8.13. The lowest BCUT2D eigenvalue weighted by molar-refractivity contribution is 0.844. The van der Waals surface area contributed by atoms with E-state index in [1.807, 2.05) is 24.3 Å². The zero-order valence-electron chi connectivity index (χ0n) is 9.90. The number of nitrogens with zero attached hydrogens (tertiary/aromatic N) is 1. The number of nitrogens with two attached hydrogens (primary N) is 1. The molecule has 1 atom stereocenters. The molecular weight excluding hydrogens is 252 g/mol. The van der Waals surface area contributed by atoms with Gasteiger partial charge >= 0.3 is 0 Å². The molecule has 2 rings (SSSR count). The van der Waals surface area contributed by atoms with E-state index in [1.54, 1.807) is 11.3 Å². The Bertz CT molecular complexity index is 522. The molecule has 0 aliphatic rings. The minimum atomic E-state index is -0.229. The number of hydrogen-bond donors (Lipinski definition) is 1. The summed E-state index contributed by atoms with van der Waals surface area (Å²) in [6.45, 7) is 4.19. The summed E-state index contributed by atoms with van der Waals surface area (Å²) in [5, 5.41) is 1.64. The summed E-state index contributed by atoms with van der Waals surface area (Å²) >= 11 is 7.80. The Morgan fingerprint density at radius 1 is 1.41 bits per heavy atom. The molecule has 0 aliphatic carbocycles. The van der Waals surface area contributed by atoms with Crippen molar-refractivity contribution in [2.75, 3.05) is 0 Å². The van der Waals surface area contributed by atoms with E-state index in [0.717, 1.165) is 22.7 Å². The van der Waals surface area contributed by atoms with Crippen LogP contribution in [0.5, 0.6) is 0 Å². The van der Waals surface area contributed by atoms with E-state index in [1.165, 1.54) is 4.88 Å². The molecule has 1 aromatic heterocycles. The number of aryl methyl sites for hydroxylation is 2. The lowest BCUT2D eigenvalue weighted by atomic mass is 10.1. The number of hydrogen-bond acceptors (Lipinski definition) is 3. The second-order valence-electron chi connectivity index (χ2n) is 3.91. The van der Waals surface area contributed by atoms with Gasteiger partial charge in [-0.2, -0.15) is 0 Å². The van der Waals surface area contributed by atoms with Crippen LogP contribution in [0.25, 0.3) is 0 Å². The molecule has 1 aromatic carbocycles. The lowest BCUT2D eigenvalue weighted by Gasteiger charge is -2.10. The summed E-state index contributed by atoms with van der Waals surface area (Å²) in [5.41, 5.74) is 8.29. The van der Waals surface area contributed by atoms with Crippen molar-refractivity contribution in [3.8, 4) is 0 Å². The predicted molar refractivity (Wildman–Crippen MR) is 73.7 cm³/mol. The molecule has 0 saturated carbocycles. The largest absolute Gasteiger partial charge is 0.318 e. The molecular formula is C13H15ClN2S. The second kappa shape index (κ2) is 5.17. The Morgan fingerprint density at radius 3 is 2.71 bits per heavy atom. The van der Waals surface area contributed by atoms with E-state index in [2.05, 4.69) is 18.8 Å². The van der Waals surface area contributed by atoms with Crippen LogP contribution in [0.15, 0.2) is 24.3 Å². The van der Waals surface area contributed by atoms with Gasteiger partial charge in [-0.1, -0.05) is 36.7 Å². The second-order valence-corrected chi connectivity index (χ2v) is 5.55. The maximum atomic E-state index is 6.22. The van der Waals surface area contributed by atoms with Gasteiger partial charge in [-0.15, -0.1) is 11.3 Å². The molecule has 17 heavy (non-hydrogen) atoms. The third-order valence-corrected chi connectivity index (χ3v) is 4.19. The minimum absolute atomic E-state index is 0.229. The fraction of sp³-hybridized carbons (Fsp3) is 0.308. The molecule has 2 N–H and O–H groups in total. The van der Waals surface area contributed by atoms with Crippen LogP contribution in [0.3, 0.4) is 0 Å². The monoisotopic (exact) mass is 266 g/mol. The fourth-order valence-corrected chi connectivity index (χ4v) is 3.06. The minimum Gasteiger partial charge on any atom is -0.318 e. The Hall–Kier alpha value is -0.900. The van der Waals surface area contributed by atoms with Gasteiger partial charge in [-0.3, -0.25) is 0 Å². The highest BCUT2D eigenvalue weighted by molar-refractivity contribution is 7.11. The quantitative estimate of drug-likeness (QED) is 0.920. The number of halogens is 1. The Balaban J connectivity index is 2.37. The van der Waals surface area contributed by atoms with Crippen molar-refractivity contribution in [2.45, 2.75) is 26.3 Å². The zero-order chi connectivity index (χ0) is 12.4. The van der Waals surface area contributed by atoms with Crippen LogP contribution >= 0.6 is 22.9 Å². The van der Waals surface area contributed by atoms with Crippen molar-refractivity contribution < 1.29 is 0 Å². The van der Waals surface area contributed by atoms with E-state index in [9.17, 15) is 0 Å². The summed E-state index contributed by atoms with van der Waals surface area (Å²) in [7, 11) is 0. The van der Waals surface area contributed by atoms with Crippen LogP contribution in [-0.4, -0.2) is 4.98 Å². The molecule has 0 bridgehead atoms. The number of thiazole rings is 1. The average Bonchev–Trinajstić information content (AvgIpc) is 2.70. The Morgan fingerprint density at radius 2 is 2.12 bits per heavy atom. The van der Waals surface area contributed by atoms with Crippen LogP contribution in [0.1, 0.15) is 34.1 Å². The van der Waals surface area contributed by atoms with E-state index < -0.39 is 0 Å². The average molecular weight is 267 g/mol. The van der Waals surface area contributed by atoms with Crippen molar-refractivity contribution in [3.05, 3.63) is 50.4 Å². The smallest absolute Gasteiger partial charge is 0.114 e. The maximum Gasteiger partial charge on any atom is 0.114 e. The highest BCUT2D eigenvalue weighted by Gasteiger charge is 2.17. The van der Waals surface area contributed by atoms with Gasteiger partial charge in [0.25, 0.3) is 0 Å². The first kappa shape index (κ1) is 12.6. The lowest BCUT2D eigenvalue weighted by Crippen LogP contribution is -2.12. The van der Waals surface area contributed by atoms with Crippen LogP contribution in [0.4, 0.5) is 0 Å². The Kier molecular flexibility index (Phi) is 3.82. The first-order valence-electron chi connectivity index (χ1n) is 5.59. The summed E-state index contributed by atoms with van der Waals surface area (Å²) in [6.07, 6.45) is 0.942. The maximum absolute atomic E-state index is 6.22. The van der Waals surface area contributed by atoms with E-state index in [4.69, 9.17) is 17.3 Å². The summed E-state index contributed by atoms with van der Waals surface area (Å²) in [4.78, 5) is 5.82. The standard InChI is InChI=1S/C13H15ClN2S/c1-3-11-8(2)17-13(16-11)12(15)9-6-4-5-7-10(9)14/h4-7,12H,3,15H2,1-2H3. The zero-order valence-corrected chi connectivity index (χ0v) is 11.5. The summed E-state index contributed by atoms with van der Waals surface area (Å²) < 4.78 is 0. The highest BCUT2D eigenvalue weighted by atomic mass is 35.5. The van der Waals surface area contributed by atoms with E-state index in [-0.39, 0.29) is 6.04 Å². The van der Waals surface area contributed by atoms with Crippen molar-refractivity contribution >= 4 is 22.9 Å². The van der Waals surface area contributed by atoms with Crippen LogP contribution in [-0.2, 0) is 6.42 Å². The third-order valence-electron chi connectivity index (χ3n) is 2.75. The predicted octanol–water partition coefficient (Wildman–Crippen LogP) is 3.72. The fourth-order valence-electron chi connectivity index (χ4n) is 1.77. The number of aromatic nitrogens is 1. The number of rotatable bonds is 3. The third kappa shape index (κ3) is 2.51. The highest BCUT2D eigenvalue weighted by Crippen LogP contribution is 2.30. The van der Waals surface area contributed by atoms with E-state index >= 15 is 0 Å². The first-order valence-corrected chi connectivity index (χ1v) is 6.79. The van der Waals surface area contributed by atoms with Gasteiger partial charge in [-0.05, 0) is 25.0 Å². The van der Waals surface area contributed by atoms with Gasteiger partial charge < -0.3 is 5.73 Å². The topological polar surface area (TPSA) is 38.9 Å². The molecule has 90 valence electrons. The molecule has 2 aromatic rings. The Labute approximate surface area is 110 Å². The van der Waals surface area contributed by atoms with Gasteiger partial charge in [0.2, 0.25) is 0 Å². The molecule has 0 amide bonds. The molecule has 1 unspecified atom stereocenters. The van der Waals surface area contributed by atoms with Crippen molar-refractivity contribution in [3.63, 3.8) is 0 Å². The van der Waals surface area contributed by atoms with Gasteiger partial charge in [0, 0.05) is 9.90 Å². The molecule has 1 heterocycles. The summed E-state index contributed by atoms with van der Waals surface area (Å²) in [5.74, 6) is 0. The van der Waals surface area contributed by atoms with Crippen LogP contribution in [0.2, 0.25) is 5.02 Å². The van der Waals surface area contributed by atoms with Crippen molar-refractivity contribution in [1.82, 2.24) is 4.98 Å². The van der Waals surface area contributed by atoms with Crippen molar-refractivity contribution in [2.24, 2.45) is 5.73 Å². The SMILES string of the molecule is CCc1nc(C(N)c2ccccc2Cl)sc1C. The molecule has 0 saturated heterocycles. The molecule has 0 aliphatic heterocycles. The van der Waals surface area contributed by atoms with Crippen molar-refractivity contribution in [1.29, 1.82) is 0 Å². The van der Waals surface area contributed by atoms with Crippen LogP contribution in [0, 0.1) is 6.92 Å². The number of benzene rings is 1. The van der Waals surface area contributed by atoms with Gasteiger partial charge in [0.1, 0.15) is 5.01 Å².